The van der Waals surface area contributed by atoms with E-state index in [1.807, 2.05) is 24.3 Å². The predicted octanol–water partition coefficient (Wildman–Crippen LogP) is 2.64. The predicted molar refractivity (Wildman–Crippen MR) is 139 cm³/mol. The quantitative estimate of drug-likeness (QED) is 0.510. The summed E-state index contributed by atoms with van der Waals surface area (Å²) >= 11 is 0. The van der Waals surface area contributed by atoms with Gasteiger partial charge in [-0.25, -0.2) is 4.98 Å². The lowest BCUT2D eigenvalue weighted by molar-refractivity contribution is -0.118. The summed E-state index contributed by atoms with van der Waals surface area (Å²) in [4.78, 5) is 34.0. The Morgan fingerprint density at radius 1 is 1.19 bits per heavy atom. The number of aromatic hydroxyl groups is 1. The van der Waals surface area contributed by atoms with Crippen molar-refractivity contribution in [2.75, 3.05) is 40.0 Å². The van der Waals surface area contributed by atoms with Crippen LogP contribution in [0.1, 0.15) is 30.1 Å². The maximum atomic E-state index is 13.7. The number of rotatable bonds is 7. The molecule has 9 heteroatoms. The summed E-state index contributed by atoms with van der Waals surface area (Å²) in [5, 5.41) is 14.8. The first-order valence-electron chi connectivity index (χ1n) is 12.9. The van der Waals surface area contributed by atoms with Crippen LogP contribution in [0.5, 0.6) is 11.5 Å². The molecule has 9 nitrogen and oxygen atoms in total. The highest BCUT2D eigenvalue weighted by molar-refractivity contribution is 6.02. The highest BCUT2D eigenvalue weighted by Gasteiger charge is 2.63. The largest absolute Gasteiger partial charge is 0.506 e. The Labute approximate surface area is 215 Å². The molecule has 1 aliphatic heterocycles. The summed E-state index contributed by atoms with van der Waals surface area (Å²) in [7, 11) is 1.61. The van der Waals surface area contributed by atoms with Crippen molar-refractivity contribution in [1.82, 2.24) is 19.8 Å². The summed E-state index contributed by atoms with van der Waals surface area (Å²) in [6, 6.07) is 9.32. The second kappa shape index (κ2) is 9.15. The molecule has 3 aliphatic carbocycles. The molecule has 3 aromatic rings. The number of carbonyl (C=O) groups excluding carboxylic acids is 1. The molecule has 0 radical (unpaired) electrons. The number of hydrogen-bond donors (Lipinski definition) is 2. The van der Waals surface area contributed by atoms with E-state index in [2.05, 4.69) is 22.1 Å². The van der Waals surface area contributed by atoms with Crippen LogP contribution in [0.4, 0.5) is 0 Å². The lowest BCUT2D eigenvalue weighted by Gasteiger charge is -2.67. The van der Waals surface area contributed by atoms with E-state index in [1.165, 1.54) is 4.57 Å². The molecule has 37 heavy (non-hydrogen) atoms. The molecule has 194 valence electrons. The molecule has 3 saturated carbocycles. The van der Waals surface area contributed by atoms with E-state index in [4.69, 9.17) is 9.47 Å². The third kappa shape index (κ3) is 3.97. The fourth-order valence-electron chi connectivity index (χ4n) is 5.97. The van der Waals surface area contributed by atoms with Crippen molar-refractivity contribution in [2.45, 2.75) is 31.8 Å². The zero-order chi connectivity index (χ0) is 25.7. The Kier molecular flexibility index (Phi) is 5.92. The molecule has 1 amide bonds. The van der Waals surface area contributed by atoms with Gasteiger partial charge >= 0.3 is 0 Å². The van der Waals surface area contributed by atoms with Crippen LogP contribution in [0.15, 0.2) is 41.3 Å². The number of benzene rings is 1. The number of nitrogens with one attached hydrogen (secondary N) is 1. The van der Waals surface area contributed by atoms with Gasteiger partial charge in [-0.1, -0.05) is 19.1 Å². The van der Waals surface area contributed by atoms with Crippen LogP contribution in [0, 0.1) is 11.8 Å². The fourth-order valence-corrected chi connectivity index (χ4v) is 5.97. The maximum Gasteiger partial charge on any atom is 0.268 e. The smallest absolute Gasteiger partial charge is 0.268 e. The monoisotopic (exact) mass is 504 g/mol. The normalized spacial score (nSPS) is 24.8. The molecule has 0 spiro atoms. The molecule has 1 aromatic carbocycles. The number of nitrogens with zero attached hydrogens (tertiary/aromatic N) is 3. The highest BCUT2D eigenvalue weighted by Crippen LogP contribution is 2.61. The first kappa shape index (κ1) is 23.9. The fraction of sp³-hybridized carbons (Fsp3) is 0.464. The van der Waals surface area contributed by atoms with E-state index in [-0.39, 0.29) is 16.9 Å². The van der Waals surface area contributed by atoms with Crippen LogP contribution in [0.3, 0.4) is 0 Å². The molecule has 1 saturated heterocycles. The molecule has 4 aliphatic rings. The summed E-state index contributed by atoms with van der Waals surface area (Å²) < 4.78 is 12.2. The molecule has 2 aromatic heterocycles. The molecule has 3 heterocycles. The van der Waals surface area contributed by atoms with Gasteiger partial charge < -0.3 is 19.9 Å². The van der Waals surface area contributed by atoms with Gasteiger partial charge in [-0.05, 0) is 48.4 Å². The standard InChI is InChI=1S/C28H32N4O5/c1-17-20-14-28(17,15-20)30-26(34)23-24(33)22-13-19(18-3-5-21(36-2)6-4-18)16-29-25(22)32(27(23)35)8-7-31-9-11-37-12-10-31/h3-6,13,16-17,20,33H,7-12,14-15H2,1-2H3,(H,30,34)/t17-,20?,28?/m1/s1. The van der Waals surface area contributed by atoms with E-state index >= 15 is 0 Å². The van der Waals surface area contributed by atoms with Crippen molar-refractivity contribution in [2.24, 2.45) is 11.8 Å². The van der Waals surface area contributed by atoms with E-state index < -0.39 is 11.5 Å². The van der Waals surface area contributed by atoms with Gasteiger partial charge in [0.2, 0.25) is 0 Å². The highest BCUT2D eigenvalue weighted by atomic mass is 16.5. The molecule has 2 bridgehead atoms. The van der Waals surface area contributed by atoms with Gasteiger partial charge in [0.1, 0.15) is 22.7 Å². The average molecular weight is 505 g/mol. The van der Waals surface area contributed by atoms with Crippen LogP contribution in [0.25, 0.3) is 22.2 Å². The van der Waals surface area contributed by atoms with Crippen LogP contribution in [-0.2, 0) is 11.3 Å². The Balaban J connectivity index is 1.42. The van der Waals surface area contributed by atoms with Gasteiger partial charge in [-0.2, -0.15) is 0 Å². The first-order chi connectivity index (χ1) is 17.9. The summed E-state index contributed by atoms with van der Waals surface area (Å²) in [6.45, 7) is 5.99. The molecular formula is C28H32N4O5. The van der Waals surface area contributed by atoms with Crippen LogP contribution >= 0.6 is 0 Å². The maximum absolute atomic E-state index is 13.7. The van der Waals surface area contributed by atoms with Gasteiger partial charge in [0.05, 0.1) is 25.7 Å². The lowest BCUT2D eigenvalue weighted by atomic mass is 9.43. The van der Waals surface area contributed by atoms with Gasteiger partial charge in [-0.15, -0.1) is 0 Å². The minimum atomic E-state index is -0.514. The third-order valence-corrected chi connectivity index (χ3v) is 8.66. The SMILES string of the molecule is COc1ccc(-c2cnc3c(c2)c(O)c(C(=O)NC24CC(C2)[C@H]4C)c(=O)n3CCN2CCOCC2)cc1. The van der Waals surface area contributed by atoms with E-state index in [0.29, 0.717) is 49.2 Å². The first-order valence-corrected chi connectivity index (χ1v) is 12.9. The number of carbonyl (C=O) groups is 1. The Morgan fingerprint density at radius 2 is 1.92 bits per heavy atom. The van der Waals surface area contributed by atoms with Gasteiger partial charge in [0, 0.05) is 43.5 Å². The molecule has 1 atom stereocenters. The van der Waals surface area contributed by atoms with Crippen molar-refractivity contribution in [1.29, 1.82) is 0 Å². The molecule has 4 fully saturated rings. The minimum Gasteiger partial charge on any atom is -0.506 e. The molecule has 2 N–H and O–H groups in total. The van der Waals surface area contributed by atoms with Crippen molar-refractivity contribution in [3.05, 3.63) is 52.4 Å². The Hall–Kier alpha value is -3.43. The number of amides is 1. The lowest BCUT2D eigenvalue weighted by Crippen LogP contribution is -2.74. The van der Waals surface area contributed by atoms with Crippen molar-refractivity contribution in [3.63, 3.8) is 0 Å². The van der Waals surface area contributed by atoms with Gasteiger partial charge in [-0.3, -0.25) is 19.1 Å². The second-order valence-electron chi connectivity index (χ2n) is 10.5. The van der Waals surface area contributed by atoms with Gasteiger partial charge in [0.25, 0.3) is 11.5 Å². The number of pyridine rings is 2. The van der Waals surface area contributed by atoms with Crippen molar-refractivity contribution in [3.8, 4) is 22.6 Å². The number of aromatic nitrogens is 2. The number of hydrogen-bond acceptors (Lipinski definition) is 7. The summed E-state index contributed by atoms with van der Waals surface area (Å²) in [6.07, 6.45) is 3.56. The van der Waals surface area contributed by atoms with Crippen LogP contribution in [0.2, 0.25) is 0 Å². The topological polar surface area (TPSA) is 106 Å². The van der Waals surface area contributed by atoms with Crippen molar-refractivity contribution < 1.29 is 19.4 Å². The summed E-state index contributed by atoms with van der Waals surface area (Å²) in [5.74, 6) is 0.948. The third-order valence-electron chi connectivity index (χ3n) is 8.66. The molecule has 7 rings (SSSR count). The van der Waals surface area contributed by atoms with Crippen LogP contribution < -0.4 is 15.6 Å². The minimum absolute atomic E-state index is 0.208. The molecular weight excluding hydrogens is 472 g/mol. The van der Waals surface area contributed by atoms with E-state index in [9.17, 15) is 14.7 Å². The average Bonchev–Trinajstić information content (AvgIpc) is 2.91. The zero-order valence-corrected chi connectivity index (χ0v) is 21.2. The second-order valence-corrected chi connectivity index (χ2v) is 10.5. The van der Waals surface area contributed by atoms with Crippen LogP contribution in [-0.4, -0.2) is 71.0 Å². The van der Waals surface area contributed by atoms with Gasteiger partial charge in [0.15, 0.2) is 0 Å². The number of methoxy groups -OCH3 is 1. The van der Waals surface area contributed by atoms with E-state index in [1.54, 1.807) is 19.4 Å². The van der Waals surface area contributed by atoms with E-state index in [0.717, 1.165) is 42.8 Å². The molecule has 0 unspecified atom stereocenters. The zero-order valence-electron chi connectivity index (χ0n) is 21.2. The number of ether oxygens (including phenoxy) is 2. The van der Waals surface area contributed by atoms with Crippen molar-refractivity contribution >= 4 is 16.9 Å². The Morgan fingerprint density at radius 3 is 2.54 bits per heavy atom. The summed E-state index contributed by atoms with van der Waals surface area (Å²) in [5.41, 5.74) is 1.04. The number of morpholine rings is 1. The Bertz CT molecular complexity index is 1400. The number of fused-ring (bicyclic) bond motifs is 1.